The third-order valence-electron chi connectivity index (χ3n) is 2.72. The Balaban J connectivity index is 2.95. The van der Waals surface area contributed by atoms with Crippen LogP contribution in [0.5, 0.6) is 0 Å². The molecule has 6 heteroatoms. The molecule has 0 amide bonds. The normalized spacial score (nSPS) is 12.3. The van der Waals surface area contributed by atoms with Crippen molar-refractivity contribution in [2.45, 2.75) is 18.2 Å². The Hall–Kier alpha value is -0.980. The monoisotopic (exact) mass is 288 g/mol. The Bertz CT molecular complexity index is 486. The van der Waals surface area contributed by atoms with Crippen LogP contribution in [0.1, 0.15) is 13.3 Å². The van der Waals surface area contributed by atoms with E-state index in [1.807, 2.05) is 25.9 Å². The first-order valence-electron chi connectivity index (χ1n) is 6.28. The first-order valence-corrected chi connectivity index (χ1v) is 7.72. The highest BCUT2D eigenvalue weighted by Crippen LogP contribution is 2.16. The molecule has 0 saturated heterocycles. The van der Waals surface area contributed by atoms with E-state index in [-0.39, 0.29) is 4.90 Å². The van der Waals surface area contributed by atoms with Crippen molar-refractivity contribution in [3.63, 3.8) is 0 Å². The second-order valence-corrected chi connectivity index (χ2v) is 6.60. The van der Waals surface area contributed by atoms with Crippen molar-refractivity contribution in [3.05, 3.63) is 30.1 Å². The molecule has 0 bridgehead atoms. The molecule has 0 atom stereocenters. The molecular formula is C13H21FN2O2S. The summed E-state index contributed by atoms with van der Waals surface area (Å²) >= 11 is 0. The van der Waals surface area contributed by atoms with Crippen molar-refractivity contribution in [3.8, 4) is 0 Å². The van der Waals surface area contributed by atoms with Crippen LogP contribution >= 0.6 is 0 Å². The molecule has 0 heterocycles. The average molecular weight is 288 g/mol. The van der Waals surface area contributed by atoms with Crippen molar-refractivity contribution >= 4 is 10.0 Å². The fourth-order valence-corrected chi connectivity index (χ4v) is 3.19. The zero-order valence-corrected chi connectivity index (χ0v) is 12.5. The molecule has 0 aromatic heterocycles. The van der Waals surface area contributed by atoms with Crippen molar-refractivity contribution < 1.29 is 12.8 Å². The zero-order valence-electron chi connectivity index (χ0n) is 11.6. The topological polar surface area (TPSA) is 40.6 Å². The average Bonchev–Trinajstić information content (AvgIpc) is 2.34. The molecule has 1 aromatic rings. The summed E-state index contributed by atoms with van der Waals surface area (Å²) in [6.45, 7) is 3.48. The smallest absolute Gasteiger partial charge is 0.243 e. The summed E-state index contributed by atoms with van der Waals surface area (Å²) in [6.07, 6.45) is 0.744. The predicted octanol–water partition coefficient (Wildman–Crippen LogP) is 1.79. The zero-order chi connectivity index (χ0) is 14.5. The van der Waals surface area contributed by atoms with Gasteiger partial charge in [0, 0.05) is 19.6 Å². The summed E-state index contributed by atoms with van der Waals surface area (Å²) in [4.78, 5) is 2.07. The highest BCUT2D eigenvalue weighted by atomic mass is 32.2. The van der Waals surface area contributed by atoms with Gasteiger partial charge in [-0.3, -0.25) is 0 Å². The van der Waals surface area contributed by atoms with E-state index in [0.717, 1.165) is 6.42 Å². The van der Waals surface area contributed by atoms with E-state index in [4.69, 9.17) is 0 Å². The standard InChI is InChI=1S/C13H21FN2O2S/c1-4-9-16(11-10-15(2)3)19(17,18)13-7-5-12(14)6-8-13/h5-8H,4,9-11H2,1-3H3. The Labute approximate surface area is 114 Å². The van der Waals surface area contributed by atoms with Gasteiger partial charge in [0.2, 0.25) is 10.0 Å². The second-order valence-electron chi connectivity index (χ2n) is 4.66. The number of sulfonamides is 1. The summed E-state index contributed by atoms with van der Waals surface area (Å²) < 4.78 is 39.2. The largest absolute Gasteiger partial charge is 0.308 e. The minimum atomic E-state index is -3.54. The molecule has 0 aliphatic rings. The van der Waals surface area contributed by atoms with Gasteiger partial charge in [-0.15, -0.1) is 0 Å². The van der Waals surface area contributed by atoms with Gasteiger partial charge in [0.1, 0.15) is 5.82 Å². The maximum atomic E-state index is 12.9. The first kappa shape index (κ1) is 16.1. The summed E-state index contributed by atoms with van der Waals surface area (Å²) in [5, 5.41) is 0. The van der Waals surface area contributed by atoms with Gasteiger partial charge < -0.3 is 4.90 Å². The summed E-state index contributed by atoms with van der Waals surface area (Å²) in [6, 6.07) is 4.96. The van der Waals surface area contributed by atoms with Gasteiger partial charge in [-0.25, -0.2) is 12.8 Å². The number of benzene rings is 1. The summed E-state index contributed by atoms with van der Waals surface area (Å²) in [5.41, 5.74) is 0. The third kappa shape index (κ3) is 4.56. The molecule has 0 radical (unpaired) electrons. The van der Waals surface area contributed by atoms with Crippen LogP contribution < -0.4 is 0 Å². The van der Waals surface area contributed by atoms with Crippen LogP contribution in [0, 0.1) is 5.82 Å². The molecule has 0 fully saturated rings. The van der Waals surface area contributed by atoms with Crippen molar-refractivity contribution in [2.24, 2.45) is 0 Å². The Morgan fingerprint density at radius 1 is 1.05 bits per heavy atom. The van der Waals surface area contributed by atoms with E-state index < -0.39 is 15.8 Å². The molecule has 108 valence electrons. The van der Waals surface area contributed by atoms with E-state index in [0.29, 0.717) is 19.6 Å². The Morgan fingerprint density at radius 2 is 1.63 bits per heavy atom. The third-order valence-corrected chi connectivity index (χ3v) is 4.63. The molecule has 0 saturated carbocycles. The number of hydrogen-bond acceptors (Lipinski definition) is 3. The molecule has 0 aliphatic carbocycles. The molecule has 0 spiro atoms. The van der Waals surface area contributed by atoms with Crippen molar-refractivity contribution in [1.29, 1.82) is 0 Å². The van der Waals surface area contributed by atoms with E-state index in [9.17, 15) is 12.8 Å². The second kappa shape index (κ2) is 6.98. The van der Waals surface area contributed by atoms with Gasteiger partial charge in [0.05, 0.1) is 4.90 Å². The lowest BCUT2D eigenvalue weighted by molar-refractivity contribution is 0.333. The summed E-state index contributed by atoms with van der Waals surface area (Å²) in [7, 11) is 0.259. The van der Waals surface area contributed by atoms with Gasteiger partial charge in [0.25, 0.3) is 0 Å². The van der Waals surface area contributed by atoms with Crippen LogP contribution in [0.15, 0.2) is 29.2 Å². The number of halogens is 1. The highest BCUT2D eigenvalue weighted by molar-refractivity contribution is 7.89. The lowest BCUT2D eigenvalue weighted by atomic mass is 10.4. The molecule has 0 N–H and O–H groups in total. The van der Waals surface area contributed by atoms with E-state index in [1.165, 1.54) is 28.6 Å². The van der Waals surface area contributed by atoms with Crippen molar-refractivity contribution in [1.82, 2.24) is 9.21 Å². The van der Waals surface area contributed by atoms with E-state index in [1.54, 1.807) is 0 Å². The highest BCUT2D eigenvalue weighted by Gasteiger charge is 2.23. The van der Waals surface area contributed by atoms with Gasteiger partial charge in [-0.1, -0.05) is 6.92 Å². The molecule has 19 heavy (non-hydrogen) atoms. The first-order chi connectivity index (χ1) is 8.87. The quantitative estimate of drug-likeness (QED) is 0.768. The SMILES string of the molecule is CCCN(CCN(C)C)S(=O)(=O)c1ccc(F)cc1. The minimum absolute atomic E-state index is 0.140. The number of rotatable bonds is 7. The molecule has 1 rings (SSSR count). The van der Waals surface area contributed by atoms with Gasteiger partial charge in [-0.2, -0.15) is 4.31 Å². The van der Waals surface area contributed by atoms with Crippen LogP contribution in [0.4, 0.5) is 4.39 Å². The lowest BCUT2D eigenvalue weighted by Gasteiger charge is -2.23. The molecular weight excluding hydrogens is 267 g/mol. The molecule has 0 unspecified atom stereocenters. The van der Waals surface area contributed by atoms with Crippen LogP contribution in [0.2, 0.25) is 0 Å². The van der Waals surface area contributed by atoms with Crippen LogP contribution in [-0.2, 0) is 10.0 Å². The fourth-order valence-electron chi connectivity index (χ4n) is 1.67. The van der Waals surface area contributed by atoms with Crippen LogP contribution in [0.25, 0.3) is 0 Å². The van der Waals surface area contributed by atoms with Gasteiger partial charge in [-0.05, 0) is 44.8 Å². The maximum absolute atomic E-state index is 12.9. The van der Waals surface area contributed by atoms with Gasteiger partial charge >= 0.3 is 0 Å². The van der Waals surface area contributed by atoms with Crippen LogP contribution in [-0.4, -0.2) is 51.4 Å². The Kier molecular flexibility index (Phi) is 5.90. The number of hydrogen-bond donors (Lipinski definition) is 0. The van der Waals surface area contributed by atoms with Crippen molar-refractivity contribution in [2.75, 3.05) is 33.7 Å². The predicted molar refractivity (Wildman–Crippen MR) is 74.0 cm³/mol. The van der Waals surface area contributed by atoms with E-state index in [2.05, 4.69) is 0 Å². The maximum Gasteiger partial charge on any atom is 0.243 e. The Morgan fingerprint density at radius 3 is 2.11 bits per heavy atom. The minimum Gasteiger partial charge on any atom is -0.308 e. The lowest BCUT2D eigenvalue weighted by Crippen LogP contribution is -2.37. The van der Waals surface area contributed by atoms with Gasteiger partial charge in [0.15, 0.2) is 0 Å². The molecule has 4 nitrogen and oxygen atoms in total. The number of nitrogens with zero attached hydrogens (tertiary/aromatic N) is 2. The molecule has 0 aliphatic heterocycles. The molecule has 1 aromatic carbocycles. The van der Waals surface area contributed by atoms with Crippen LogP contribution in [0.3, 0.4) is 0 Å². The fraction of sp³-hybridized carbons (Fsp3) is 0.538. The summed E-state index contributed by atoms with van der Waals surface area (Å²) in [5.74, 6) is -0.436. The number of likely N-dealkylation sites (N-methyl/N-ethyl adjacent to an activating group) is 1. The van der Waals surface area contributed by atoms with E-state index >= 15 is 0 Å².